The number of aliphatic hydroxyl groups excluding tert-OH is 1. The van der Waals surface area contributed by atoms with E-state index in [0.29, 0.717) is 5.92 Å². The summed E-state index contributed by atoms with van der Waals surface area (Å²) in [6, 6.07) is 0. The molecule has 4 unspecified atom stereocenters. The minimum absolute atomic E-state index is 0.000556. The van der Waals surface area contributed by atoms with Gasteiger partial charge in [-0.05, 0) is 36.5 Å². The molecule has 76 valence electrons. The minimum atomic E-state index is 0.000556. The molecule has 0 spiro atoms. The summed E-state index contributed by atoms with van der Waals surface area (Å²) in [5.41, 5.74) is 0.259. The Labute approximate surface area is 81.5 Å². The van der Waals surface area contributed by atoms with Crippen molar-refractivity contribution in [1.82, 2.24) is 0 Å². The lowest BCUT2D eigenvalue weighted by Gasteiger charge is -2.57. The van der Waals surface area contributed by atoms with Crippen LogP contribution in [0.5, 0.6) is 0 Å². The van der Waals surface area contributed by atoms with E-state index < -0.39 is 0 Å². The van der Waals surface area contributed by atoms with E-state index in [2.05, 4.69) is 13.8 Å². The van der Waals surface area contributed by atoms with Crippen molar-refractivity contribution >= 4 is 0 Å². The van der Waals surface area contributed by atoms with Gasteiger partial charge < -0.3 is 5.11 Å². The molecule has 0 aromatic heterocycles. The molecule has 0 aliphatic heterocycles. The van der Waals surface area contributed by atoms with E-state index in [4.69, 9.17) is 0 Å². The molecule has 2 rings (SSSR count). The highest BCUT2D eigenvalue weighted by molar-refractivity contribution is 5.05. The Morgan fingerprint density at radius 2 is 1.92 bits per heavy atom. The summed E-state index contributed by atoms with van der Waals surface area (Å²) in [5.74, 6) is 1.47. The van der Waals surface area contributed by atoms with Gasteiger partial charge in [-0.15, -0.1) is 0 Å². The van der Waals surface area contributed by atoms with Crippen molar-refractivity contribution in [2.75, 3.05) is 0 Å². The first-order valence-corrected chi connectivity index (χ1v) is 5.88. The van der Waals surface area contributed by atoms with Gasteiger partial charge >= 0.3 is 0 Å². The van der Waals surface area contributed by atoms with Crippen LogP contribution in [0.1, 0.15) is 52.4 Å². The highest BCUT2D eigenvalue weighted by atomic mass is 16.3. The summed E-state index contributed by atoms with van der Waals surface area (Å²) in [7, 11) is 0. The first-order valence-electron chi connectivity index (χ1n) is 5.88. The molecule has 1 nitrogen and oxygen atoms in total. The number of hydrogen-bond acceptors (Lipinski definition) is 1. The smallest absolute Gasteiger partial charge is 0.0627 e. The van der Waals surface area contributed by atoms with E-state index in [1.165, 1.54) is 32.1 Å². The first-order chi connectivity index (χ1) is 6.20. The lowest BCUT2D eigenvalue weighted by molar-refractivity contribution is -0.174. The normalized spacial score (nSPS) is 50.5. The number of fused-ring (bicyclic) bond motifs is 1. The maximum absolute atomic E-state index is 10.1. The van der Waals surface area contributed by atoms with Crippen LogP contribution in [0.25, 0.3) is 0 Å². The molecule has 0 heterocycles. The molecule has 2 aliphatic carbocycles. The molecule has 13 heavy (non-hydrogen) atoms. The van der Waals surface area contributed by atoms with Gasteiger partial charge in [0, 0.05) is 0 Å². The third-order valence-corrected chi connectivity index (χ3v) is 4.76. The van der Waals surface area contributed by atoms with Crippen LogP contribution in [0, 0.1) is 17.3 Å². The van der Waals surface area contributed by atoms with Crippen LogP contribution >= 0.6 is 0 Å². The van der Waals surface area contributed by atoms with Crippen molar-refractivity contribution in [2.45, 2.75) is 58.5 Å². The van der Waals surface area contributed by atoms with Gasteiger partial charge in [0.25, 0.3) is 0 Å². The van der Waals surface area contributed by atoms with Crippen molar-refractivity contribution in [3.63, 3.8) is 0 Å². The van der Waals surface area contributed by atoms with Crippen molar-refractivity contribution in [1.29, 1.82) is 0 Å². The number of rotatable bonds is 1. The van der Waals surface area contributed by atoms with Gasteiger partial charge in [-0.2, -0.15) is 0 Å². The number of aliphatic hydroxyl groups is 1. The molecule has 0 bridgehead atoms. The molecular formula is C12H22O. The highest BCUT2D eigenvalue weighted by Gasteiger charge is 2.56. The second-order valence-corrected chi connectivity index (χ2v) is 5.21. The van der Waals surface area contributed by atoms with Crippen LogP contribution in [-0.4, -0.2) is 11.2 Å². The maximum Gasteiger partial charge on any atom is 0.0627 e. The van der Waals surface area contributed by atoms with Gasteiger partial charge in [-0.1, -0.05) is 33.1 Å². The summed E-state index contributed by atoms with van der Waals surface area (Å²) in [5, 5.41) is 10.1. The fraction of sp³-hybridized carbons (Fsp3) is 1.00. The zero-order valence-corrected chi connectivity index (χ0v) is 8.92. The molecule has 0 amide bonds. The minimum Gasteiger partial charge on any atom is -0.392 e. The summed E-state index contributed by atoms with van der Waals surface area (Å²) in [4.78, 5) is 0. The third kappa shape index (κ3) is 1.24. The Morgan fingerprint density at radius 3 is 2.62 bits per heavy atom. The summed E-state index contributed by atoms with van der Waals surface area (Å²) < 4.78 is 0. The van der Waals surface area contributed by atoms with Crippen LogP contribution in [0.4, 0.5) is 0 Å². The van der Waals surface area contributed by atoms with Gasteiger partial charge in [0.15, 0.2) is 0 Å². The van der Waals surface area contributed by atoms with Gasteiger partial charge in [0.1, 0.15) is 0 Å². The van der Waals surface area contributed by atoms with Crippen molar-refractivity contribution in [2.24, 2.45) is 17.3 Å². The fourth-order valence-electron chi connectivity index (χ4n) is 3.59. The predicted molar refractivity (Wildman–Crippen MR) is 54.5 cm³/mol. The zero-order valence-electron chi connectivity index (χ0n) is 8.92. The van der Waals surface area contributed by atoms with Crippen LogP contribution in [0.15, 0.2) is 0 Å². The Hall–Kier alpha value is -0.0400. The van der Waals surface area contributed by atoms with Crippen LogP contribution in [-0.2, 0) is 0 Å². The Kier molecular flexibility index (Phi) is 2.39. The average molecular weight is 182 g/mol. The molecule has 4 atom stereocenters. The quantitative estimate of drug-likeness (QED) is 0.661. The van der Waals surface area contributed by atoms with E-state index in [0.717, 1.165) is 12.3 Å². The molecule has 0 aromatic rings. The van der Waals surface area contributed by atoms with Gasteiger partial charge in [-0.25, -0.2) is 0 Å². The first kappa shape index (κ1) is 9.51. The van der Waals surface area contributed by atoms with Crippen LogP contribution in [0.3, 0.4) is 0 Å². The standard InChI is InChI=1S/C12H22O/c1-3-12(2)10-8-6-4-5-7-9(10)11(12)13/h9-11,13H,3-8H2,1-2H3. The largest absolute Gasteiger partial charge is 0.392 e. The second-order valence-electron chi connectivity index (χ2n) is 5.21. The Morgan fingerprint density at radius 1 is 1.23 bits per heavy atom. The summed E-state index contributed by atoms with van der Waals surface area (Å²) in [6.07, 6.45) is 7.92. The average Bonchev–Trinajstić information content (AvgIpc) is 2.39. The van der Waals surface area contributed by atoms with E-state index in [1.807, 2.05) is 0 Å². The molecular weight excluding hydrogens is 160 g/mol. The van der Waals surface area contributed by atoms with E-state index in [1.54, 1.807) is 0 Å². The third-order valence-electron chi connectivity index (χ3n) is 4.76. The molecule has 0 saturated heterocycles. The lowest BCUT2D eigenvalue weighted by Crippen LogP contribution is -2.58. The molecule has 0 radical (unpaired) electrons. The lowest BCUT2D eigenvalue weighted by atomic mass is 9.50. The van der Waals surface area contributed by atoms with Gasteiger partial charge in [-0.3, -0.25) is 0 Å². The van der Waals surface area contributed by atoms with Crippen LogP contribution < -0.4 is 0 Å². The summed E-state index contributed by atoms with van der Waals surface area (Å²) >= 11 is 0. The maximum atomic E-state index is 10.1. The topological polar surface area (TPSA) is 20.2 Å². The molecule has 2 aliphatic rings. The van der Waals surface area contributed by atoms with Crippen molar-refractivity contribution in [3.05, 3.63) is 0 Å². The molecule has 1 N–H and O–H groups in total. The van der Waals surface area contributed by atoms with E-state index >= 15 is 0 Å². The second kappa shape index (κ2) is 3.27. The molecule has 1 heteroatoms. The zero-order chi connectivity index (χ0) is 9.47. The summed E-state index contributed by atoms with van der Waals surface area (Å²) in [6.45, 7) is 4.51. The van der Waals surface area contributed by atoms with Crippen molar-refractivity contribution < 1.29 is 5.11 Å². The number of hydrogen-bond donors (Lipinski definition) is 1. The molecule has 2 saturated carbocycles. The van der Waals surface area contributed by atoms with Crippen LogP contribution in [0.2, 0.25) is 0 Å². The SMILES string of the molecule is CCC1(C)C(O)C2CCCCCC21. The van der Waals surface area contributed by atoms with Crippen molar-refractivity contribution in [3.8, 4) is 0 Å². The van der Waals surface area contributed by atoms with E-state index in [-0.39, 0.29) is 11.5 Å². The molecule has 2 fully saturated rings. The fourth-order valence-corrected chi connectivity index (χ4v) is 3.59. The monoisotopic (exact) mass is 182 g/mol. The Balaban J connectivity index is 2.10. The predicted octanol–water partition coefficient (Wildman–Crippen LogP) is 2.97. The molecule has 0 aromatic carbocycles. The highest BCUT2D eigenvalue weighted by Crippen LogP contribution is 2.58. The Bertz CT molecular complexity index is 190. The van der Waals surface area contributed by atoms with E-state index in [9.17, 15) is 5.11 Å². The van der Waals surface area contributed by atoms with Gasteiger partial charge in [0.05, 0.1) is 6.10 Å². The van der Waals surface area contributed by atoms with Gasteiger partial charge in [0.2, 0.25) is 0 Å².